The Morgan fingerprint density at radius 1 is 1.43 bits per heavy atom. The summed E-state index contributed by atoms with van der Waals surface area (Å²) >= 11 is 0. The van der Waals surface area contributed by atoms with Gasteiger partial charge in [-0.15, -0.1) is 0 Å². The van der Waals surface area contributed by atoms with Crippen LogP contribution in [0.5, 0.6) is 0 Å². The van der Waals surface area contributed by atoms with Crippen molar-refractivity contribution in [1.82, 2.24) is 10.2 Å². The Kier molecular flexibility index (Phi) is 5.31. The lowest BCUT2D eigenvalue weighted by Gasteiger charge is -2.15. The Hall–Kier alpha value is -1.46. The van der Waals surface area contributed by atoms with Crippen LogP contribution in [0.25, 0.3) is 0 Å². The van der Waals surface area contributed by atoms with Crippen molar-refractivity contribution in [2.24, 2.45) is 5.92 Å². The van der Waals surface area contributed by atoms with E-state index in [1.807, 2.05) is 19.0 Å². The lowest BCUT2D eigenvalue weighted by Crippen LogP contribution is -2.34. The van der Waals surface area contributed by atoms with Gasteiger partial charge in [0.05, 0.1) is 12.0 Å². The first kappa shape index (κ1) is 15.9. The first-order valence-corrected chi connectivity index (χ1v) is 7.35. The Morgan fingerprint density at radius 2 is 2.19 bits per heavy atom. The molecule has 1 aliphatic carbocycles. The van der Waals surface area contributed by atoms with E-state index in [1.54, 1.807) is 12.1 Å². The van der Waals surface area contributed by atoms with Crippen LogP contribution in [-0.4, -0.2) is 36.1 Å². The molecule has 1 aliphatic rings. The summed E-state index contributed by atoms with van der Waals surface area (Å²) in [7, 11) is 3.77. The number of carbonyl (C=O) groups is 1. The number of rotatable bonds is 5. The average molecular weight is 294 g/mol. The summed E-state index contributed by atoms with van der Waals surface area (Å²) in [6, 6.07) is 4.89. The smallest absolute Gasteiger partial charge is 0.225 e. The fourth-order valence-electron chi connectivity index (χ4n) is 2.77. The highest BCUT2D eigenvalue weighted by atomic mass is 19.1. The zero-order chi connectivity index (χ0) is 15.4. The molecule has 0 saturated heterocycles. The summed E-state index contributed by atoms with van der Waals surface area (Å²) in [6.07, 6.45) is 1.80. The second-order valence-electron chi connectivity index (χ2n) is 5.99. The summed E-state index contributed by atoms with van der Waals surface area (Å²) in [4.78, 5) is 13.9. The Morgan fingerprint density at radius 3 is 2.81 bits per heavy atom. The van der Waals surface area contributed by atoms with Crippen LogP contribution in [0.1, 0.15) is 30.4 Å². The molecule has 1 amide bonds. The SMILES string of the molecule is CN(C)Cc1cc(CNC(=O)C2CCCC2O)ccc1F. The molecule has 2 atom stereocenters. The standard InChI is InChI=1S/C16H23FN2O2/c1-19(2)10-12-8-11(6-7-14(12)17)9-18-16(21)13-4-3-5-15(13)20/h6-8,13,15,20H,3-5,9-10H2,1-2H3,(H,18,21). The van der Waals surface area contributed by atoms with E-state index < -0.39 is 6.10 Å². The zero-order valence-electron chi connectivity index (χ0n) is 12.6. The summed E-state index contributed by atoms with van der Waals surface area (Å²) in [6.45, 7) is 0.887. The van der Waals surface area contributed by atoms with Crippen LogP contribution in [-0.2, 0) is 17.9 Å². The molecule has 4 nitrogen and oxygen atoms in total. The van der Waals surface area contributed by atoms with Crippen molar-refractivity contribution in [3.8, 4) is 0 Å². The van der Waals surface area contributed by atoms with Gasteiger partial charge in [0, 0.05) is 18.7 Å². The van der Waals surface area contributed by atoms with Crippen LogP contribution in [0.2, 0.25) is 0 Å². The van der Waals surface area contributed by atoms with Crippen molar-refractivity contribution in [2.45, 2.75) is 38.5 Å². The average Bonchev–Trinajstić information content (AvgIpc) is 2.85. The summed E-state index contributed by atoms with van der Waals surface area (Å²) in [5, 5.41) is 12.6. The minimum absolute atomic E-state index is 0.113. The summed E-state index contributed by atoms with van der Waals surface area (Å²) < 4.78 is 13.7. The minimum Gasteiger partial charge on any atom is -0.392 e. The van der Waals surface area contributed by atoms with Gasteiger partial charge in [-0.25, -0.2) is 4.39 Å². The van der Waals surface area contributed by atoms with E-state index in [2.05, 4.69) is 5.32 Å². The molecule has 0 aliphatic heterocycles. The van der Waals surface area contributed by atoms with Crippen LogP contribution < -0.4 is 5.32 Å². The van der Waals surface area contributed by atoms with Gasteiger partial charge in [-0.05, 0) is 51.1 Å². The van der Waals surface area contributed by atoms with E-state index in [9.17, 15) is 14.3 Å². The molecule has 2 rings (SSSR count). The third-order valence-electron chi connectivity index (χ3n) is 3.88. The van der Waals surface area contributed by atoms with E-state index >= 15 is 0 Å². The molecule has 0 spiro atoms. The molecule has 116 valence electrons. The molecule has 0 aromatic heterocycles. The fraction of sp³-hybridized carbons (Fsp3) is 0.562. The molecule has 1 aromatic rings. The largest absolute Gasteiger partial charge is 0.392 e. The second-order valence-corrected chi connectivity index (χ2v) is 5.99. The molecule has 0 bridgehead atoms. The number of hydrogen-bond acceptors (Lipinski definition) is 3. The molecule has 1 saturated carbocycles. The van der Waals surface area contributed by atoms with Gasteiger partial charge < -0.3 is 15.3 Å². The highest BCUT2D eigenvalue weighted by Gasteiger charge is 2.31. The first-order valence-electron chi connectivity index (χ1n) is 7.35. The number of amides is 1. The minimum atomic E-state index is -0.525. The zero-order valence-corrected chi connectivity index (χ0v) is 12.6. The number of nitrogens with one attached hydrogen (secondary N) is 1. The normalized spacial score (nSPS) is 21.8. The van der Waals surface area contributed by atoms with Crippen LogP contribution >= 0.6 is 0 Å². The van der Waals surface area contributed by atoms with Gasteiger partial charge in [-0.2, -0.15) is 0 Å². The second kappa shape index (κ2) is 7.00. The predicted molar refractivity (Wildman–Crippen MR) is 79.0 cm³/mol. The molecule has 2 unspecified atom stereocenters. The van der Waals surface area contributed by atoms with Crippen molar-refractivity contribution in [3.63, 3.8) is 0 Å². The summed E-state index contributed by atoms with van der Waals surface area (Å²) in [5.74, 6) is -0.643. The monoisotopic (exact) mass is 294 g/mol. The van der Waals surface area contributed by atoms with Crippen molar-refractivity contribution in [2.75, 3.05) is 14.1 Å². The van der Waals surface area contributed by atoms with Gasteiger partial charge in [0.15, 0.2) is 0 Å². The van der Waals surface area contributed by atoms with Gasteiger partial charge >= 0.3 is 0 Å². The number of halogens is 1. The van der Waals surface area contributed by atoms with Gasteiger partial charge in [0.1, 0.15) is 5.82 Å². The van der Waals surface area contributed by atoms with E-state index in [1.165, 1.54) is 6.07 Å². The highest BCUT2D eigenvalue weighted by Crippen LogP contribution is 2.25. The van der Waals surface area contributed by atoms with E-state index in [-0.39, 0.29) is 17.6 Å². The maximum atomic E-state index is 13.7. The van der Waals surface area contributed by atoms with Crippen LogP contribution in [0.4, 0.5) is 4.39 Å². The number of carbonyl (C=O) groups excluding carboxylic acids is 1. The Bertz CT molecular complexity index is 505. The molecule has 2 N–H and O–H groups in total. The topological polar surface area (TPSA) is 52.6 Å². The fourth-order valence-corrected chi connectivity index (χ4v) is 2.77. The van der Waals surface area contributed by atoms with Gasteiger partial charge in [0.25, 0.3) is 0 Å². The van der Waals surface area contributed by atoms with Crippen LogP contribution in [0.3, 0.4) is 0 Å². The number of benzene rings is 1. The van der Waals surface area contributed by atoms with E-state index in [0.717, 1.165) is 18.4 Å². The number of aliphatic hydroxyl groups excluding tert-OH is 1. The third kappa shape index (κ3) is 4.25. The number of nitrogens with zero attached hydrogens (tertiary/aromatic N) is 1. The van der Waals surface area contributed by atoms with Crippen molar-refractivity contribution in [1.29, 1.82) is 0 Å². The van der Waals surface area contributed by atoms with Crippen molar-refractivity contribution in [3.05, 3.63) is 35.1 Å². The Balaban J connectivity index is 1.95. The van der Waals surface area contributed by atoms with Gasteiger partial charge in [0.2, 0.25) is 5.91 Å². The molecular formula is C16H23FN2O2. The molecule has 0 radical (unpaired) electrons. The molecule has 5 heteroatoms. The van der Waals surface area contributed by atoms with E-state index in [0.29, 0.717) is 25.1 Å². The van der Waals surface area contributed by atoms with Gasteiger partial charge in [-0.1, -0.05) is 6.07 Å². The quantitative estimate of drug-likeness (QED) is 0.868. The lowest BCUT2D eigenvalue weighted by molar-refractivity contribution is -0.127. The summed E-state index contributed by atoms with van der Waals surface area (Å²) in [5.41, 5.74) is 1.49. The van der Waals surface area contributed by atoms with Crippen molar-refractivity contribution >= 4 is 5.91 Å². The Labute approximate surface area is 125 Å². The van der Waals surface area contributed by atoms with E-state index in [4.69, 9.17) is 0 Å². The molecule has 0 heterocycles. The molecule has 1 aromatic carbocycles. The lowest BCUT2D eigenvalue weighted by atomic mass is 10.0. The molecule has 1 fully saturated rings. The van der Waals surface area contributed by atoms with Crippen molar-refractivity contribution < 1.29 is 14.3 Å². The molecule has 21 heavy (non-hydrogen) atoms. The maximum Gasteiger partial charge on any atom is 0.225 e. The van der Waals surface area contributed by atoms with Gasteiger partial charge in [-0.3, -0.25) is 4.79 Å². The number of hydrogen-bond donors (Lipinski definition) is 2. The number of aliphatic hydroxyl groups is 1. The molecular weight excluding hydrogens is 271 g/mol. The predicted octanol–water partition coefficient (Wildman–Crippen LogP) is 1.66. The maximum absolute atomic E-state index is 13.7. The van der Waals surface area contributed by atoms with Crippen LogP contribution in [0.15, 0.2) is 18.2 Å². The van der Waals surface area contributed by atoms with Crippen LogP contribution in [0, 0.1) is 11.7 Å². The first-order chi connectivity index (χ1) is 9.97. The highest BCUT2D eigenvalue weighted by molar-refractivity contribution is 5.79. The third-order valence-corrected chi connectivity index (χ3v) is 3.88.